The Morgan fingerprint density at radius 3 is 2.67 bits per heavy atom. The molecule has 136 valence electrons. The number of carbonyl (C=O) groups excluding carboxylic acids is 2. The number of nitrogens with one attached hydrogen (secondary N) is 2. The third-order valence-corrected chi connectivity index (χ3v) is 5.50. The highest BCUT2D eigenvalue weighted by atomic mass is 32.1. The Morgan fingerprint density at radius 1 is 0.963 bits per heavy atom. The van der Waals surface area contributed by atoms with Crippen LogP contribution in [0.15, 0.2) is 59.3 Å². The van der Waals surface area contributed by atoms with Gasteiger partial charge in [0.2, 0.25) is 0 Å². The minimum Gasteiger partial charge on any atom is -0.348 e. The highest BCUT2D eigenvalue weighted by Crippen LogP contribution is 2.23. The van der Waals surface area contributed by atoms with Gasteiger partial charge in [-0.05, 0) is 59.5 Å². The first-order chi connectivity index (χ1) is 13.2. The number of rotatable bonds is 5. The van der Waals surface area contributed by atoms with Crippen LogP contribution in [0.4, 0.5) is 5.69 Å². The van der Waals surface area contributed by atoms with Crippen LogP contribution in [0.5, 0.6) is 0 Å². The summed E-state index contributed by atoms with van der Waals surface area (Å²) < 4.78 is 0. The summed E-state index contributed by atoms with van der Waals surface area (Å²) in [6.07, 6.45) is 3.48. The molecule has 3 aromatic rings. The number of benzene rings is 2. The first-order valence-corrected chi connectivity index (χ1v) is 9.96. The van der Waals surface area contributed by atoms with Gasteiger partial charge < -0.3 is 10.6 Å². The summed E-state index contributed by atoms with van der Waals surface area (Å²) in [4.78, 5) is 25.0. The second-order valence-electron chi connectivity index (χ2n) is 6.65. The molecule has 0 fully saturated rings. The van der Waals surface area contributed by atoms with Crippen molar-refractivity contribution in [1.82, 2.24) is 5.32 Å². The van der Waals surface area contributed by atoms with Gasteiger partial charge >= 0.3 is 0 Å². The van der Waals surface area contributed by atoms with Crippen molar-refractivity contribution in [3.8, 4) is 0 Å². The minimum absolute atomic E-state index is 0.197. The normalized spacial score (nSPS) is 12.4. The molecule has 0 unspecified atom stereocenters. The van der Waals surface area contributed by atoms with Crippen LogP contribution in [-0.2, 0) is 19.4 Å². The quantitative estimate of drug-likeness (QED) is 0.693. The van der Waals surface area contributed by atoms with Crippen molar-refractivity contribution < 1.29 is 9.59 Å². The molecule has 1 aromatic heterocycles. The Balaban J connectivity index is 1.45. The molecule has 0 radical (unpaired) electrons. The molecule has 1 aliphatic rings. The van der Waals surface area contributed by atoms with E-state index in [9.17, 15) is 9.59 Å². The van der Waals surface area contributed by atoms with Crippen LogP contribution in [0.25, 0.3) is 0 Å². The average Bonchev–Trinajstić information content (AvgIpc) is 3.38. The first kappa shape index (κ1) is 17.5. The highest BCUT2D eigenvalue weighted by Gasteiger charge is 2.15. The lowest BCUT2D eigenvalue weighted by Gasteiger charge is -2.12. The molecule has 0 aliphatic heterocycles. The predicted octanol–water partition coefficient (Wildman–Crippen LogP) is 4.42. The van der Waals surface area contributed by atoms with Gasteiger partial charge in [-0.15, -0.1) is 0 Å². The van der Waals surface area contributed by atoms with Crippen molar-refractivity contribution in [2.45, 2.75) is 25.8 Å². The Labute approximate surface area is 162 Å². The van der Waals surface area contributed by atoms with Gasteiger partial charge in [-0.2, -0.15) is 11.3 Å². The molecule has 5 heteroatoms. The number of fused-ring (bicyclic) bond motifs is 1. The number of aryl methyl sites for hydroxylation is 2. The zero-order valence-corrected chi connectivity index (χ0v) is 15.6. The van der Waals surface area contributed by atoms with Crippen LogP contribution in [0.1, 0.15) is 43.8 Å². The van der Waals surface area contributed by atoms with Crippen LogP contribution in [-0.4, -0.2) is 11.8 Å². The van der Waals surface area contributed by atoms with E-state index in [4.69, 9.17) is 0 Å². The molecule has 1 aliphatic carbocycles. The summed E-state index contributed by atoms with van der Waals surface area (Å²) in [5.41, 5.74) is 5.48. The number of amides is 2. The van der Waals surface area contributed by atoms with Crippen molar-refractivity contribution in [2.75, 3.05) is 5.32 Å². The van der Waals surface area contributed by atoms with E-state index in [0.717, 1.165) is 18.4 Å². The summed E-state index contributed by atoms with van der Waals surface area (Å²) in [5.74, 6) is -0.410. The first-order valence-electron chi connectivity index (χ1n) is 9.02. The summed E-state index contributed by atoms with van der Waals surface area (Å²) in [5, 5.41) is 9.43. The maximum atomic E-state index is 12.7. The lowest BCUT2D eigenvalue weighted by molar-refractivity contribution is 0.0952. The molecule has 1 heterocycles. The van der Waals surface area contributed by atoms with Gasteiger partial charge in [0, 0.05) is 11.9 Å². The number of para-hydroxylation sites is 1. The number of hydrogen-bond donors (Lipinski definition) is 2. The van der Waals surface area contributed by atoms with Crippen molar-refractivity contribution in [2.24, 2.45) is 0 Å². The highest BCUT2D eigenvalue weighted by molar-refractivity contribution is 7.08. The minimum atomic E-state index is -0.213. The monoisotopic (exact) mass is 376 g/mol. The molecular weight excluding hydrogens is 356 g/mol. The number of hydrogen-bond acceptors (Lipinski definition) is 3. The predicted molar refractivity (Wildman–Crippen MR) is 108 cm³/mol. The smallest absolute Gasteiger partial charge is 0.256 e. The lowest BCUT2D eigenvalue weighted by atomic mass is 10.1. The van der Waals surface area contributed by atoms with Crippen LogP contribution < -0.4 is 10.6 Å². The van der Waals surface area contributed by atoms with Gasteiger partial charge in [-0.25, -0.2) is 0 Å². The van der Waals surface area contributed by atoms with E-state index >= 15 is 0 Å². The largest absolute Gasteiger partial charge is 0.348 e. The van der Waals surface area contributed by atoms with Crippen LogP contribution >= 0.6 is 11.3 Å². The second-order valence-corrected chi connectivity index (χ2v) is 7.43. The summed E-state index contributed by atoms with van der Waals surface area (Å²) in [6.45, 7) is 0.471. The van der Waals surface area contributed by atoms with E-state index in [0.29, 0.717) is 23.4 Å². The number of anilines is 1. The molecule has 4 rings (SSSR count). The van der Waals surface area contributed by atoms with Gasteiger partial charge in [-0.1, -0.05) is 30.3 Å². The lowest BCUT2D eigenvalue weighted by Crippen LogP contribution is -2.24. The number of carbonyl (C=O) groups is 2. The Kier molecular flexibility index (Phi) is 5.03. The maximum absolute atomic E-state index is 12.7. The molecule has 0 saturated carbocycles. The van der Waals surface area contributed by atoms with Crippen molar-refractivity contribution >= 4 is 28.8 Å². The van der Waals surface area contributed by atoms with E-state index < -0.39 is 0 Å². The van der Waals surface area contributed by atoms with Crippen molar-refractivity contribution in [1.29, 1.82) is 0 Å². The Bertz CT molecular complexity index is 980. The third-order valence-electron chi connectivity index (χ3n) is 4.82. The van der Waals surface area contributed by atoms with Crippen LogP contribution in [0.3, 0.4) is 0 Å². The van der Waals surface area contributed by atoms with Gasteiger partial charge in [0.1, 0.15) is 0 Å². The molecular formula is C22H20N2O2S. The fourth-order valence-corrected chi connectivity index (χ4v) is 4.03. The van der Waals surface area contributed by atoms with E-state index in [-0.39, 0.29) is 11.8 Å². The Morgan fingerprint density at radius 2 is 1.81 bits per heavy atom. The van der Waals surface area contributed by atoms with Gasteiger partial charge in [0.15, 0.2) is 0 Å². The molecule has 0 saturated heterocycles. The molecule has 4 nitrogen and oxygen atoms in total. The molecule has 0 bridgehead atoms. The van der Waals surface area contributed by atoms with Crippen molar-refractivity contribution in [3.63, 3.8) is 0 Å². The van der Waals surface area contributed by atoms with E-state index in [1.54, 1.807) is 35.7 Å². The summed E-state index contributed by atoms with van der Waals surface area (Å²) in [7, 11) is 0. The zero-order valence-electron chi connectivity index (χ0n) is 14.8. The Hall–Kier alpha value is -2.92. The van der Waals surface area contributed by atoms with E-state index in [1.807, 2.05) is 5.38 Å². The fourth-order valence-electron chi connectivity index (χ4n) is 3.39. The topological polar surface area (TPSA) is 58.2 Å². The van der Waals surface area contributed by atoms with Gasteiger partial charge in [0.25, 0.3) is 11.8 Å². The van der Waals surface area contributed by atoms with Gasteiger partial charge in [0.05, 0.1) is 16.8 Å². The standard InChI is InChI=1S/C22H20N2O2S/c25-21(18-10-11-27-14-18)24-20-7-2-1-6-19(20)22(26)23-13-15-8-9-16-4-3-5-17(16)12-15/h1-2,6-12,14H,3-5,13H2,(H,23,26)(H,24,25). The molecule has 0 spiro atoms. The summed E-state index contributed by atoms with van der Waals surface area (Å²) >= 11 is 1.46. The van der Waals surface area contributed by atoms with Crippen LogP contribution in [0, 0.1) is 0 Å². The zero-order chi connectivity index (χ0) is 18.6. The van der Waals surface area contributed by atoms with Crippen LogP contribution in [0.2, 0.25) is 0 Å². The molecule has 2 N–H and O–H groups in total. The van der Waals surface area contributed by atoms with Gasteiger partial charge in [-0.3, -0.25) is 9.59 Å². The molecule has 0 atom stereocenters. The fraction of sp³-hybridized carbons (Fsp3) is 0.182. The van der Waals surface area contributed by atoms with Crippen molar-refractivity contribution in [3.05, 3.63) is 87.1 Å². The summed E-state index contributed by atoms with van der Waals surface area (Å²) in [6, 6.07) is 15.3. The van der Waals surface area contributed by atoms with E-state index in [1.165, 1.54) is 28.9 Å². The number of thiophene rings is 1. The maximum Gasteiger partial charge on any atom is 0.256 e. The second kappa shape index (κ2) is 7.76. The average molecular weight is 376 g/mol. The molecule has 2 aromatic carbocycles. The third kappa shape index (κ3) is 3.93. The SMILES string of the molecule is O=C(Nc1ccccc1C(=O)NCc1ccc2c(c1)CCC2)c1ccsc1. The van der Waals surface area contributed by atoms with E-state index in [2.05, 4.69) is 28.8 Å². The molecule has 27 heavy (non-hydrogen) atoms. The molecule has 2 amide bonds.